The first-order valence-corrected chi connectivity index (χ1v) is 5.58. The number of nitrogens with two attached hydrogens (primary N) is 1. The van der Waals surface area contributed by atoms with Crippen LogP contribution in [0.2, 0.25) is 0 Å². The molecule has 0 fully saturated rings. The van der Waals surface area contributed by atoms with Crippen LogP contribution in [0.1, 0.15) is 5.76 Å². The maximum atomic E-state index is 5.68. The molecule has 0 saturated heterocycles. The first-order chi connectivity index (χ1) is 8.83. The van der Waals surface area contributed by atoms with E-state index in [-0.39, 0.29) is 0 Å². The van der Waals surface area contributed by atoms with E-state index in [1.165, 1.54) is 0 Å². The van der Waals surface area contributed by atoms with Crippen molar-refractivity contribution in [1.29, 1.82) is 0 Å². The molecule has 0 unspecified atom stereocenters. The zero-order chi connectivity index (χ0) is 12.4. The normalized spacial score (nSPS) is 10.7. The van der Waals surface area contributed by atoms with Gasteiger partial charge in [0, 0.05) is 24.2 Å². The Bertz CT molecular complexity index is 643. The fraction of sp³-hybridized carbons (Fsp3) is 0.0769. The van der Waals surface area contributed by atoms with Gasteiger partial charge in [0.1, 0.15) is 17.4 Å². The molecule has 90 valence electrons. The minimum absolute atomic E-state index is 0.486. The summed E-state index contributed by atoms with van der Waals surface area (Å²) >= 11 is 0. The van der Waals surface area contributed by atoms with Gasteiger partial charge in [-0.1, -0.05) is 0 Å². The number of nitrogen functional groups attached to an aromatic ring is 1. The molecule has 3 heterocycles. The molecule has 0 aliphatic heterocycles. The molecule has 0 atom stereocenters. The zero-order valence-electron chi connectivity index (χ0n) is 9.65. The fourth-order valence-corrected chi connectivity index (χ4v) is 1.85. The van der Waals surface area contributed by atoms with Crippen molar-refractivity contribution in [2.24, 2.45) is 0 Å². The van der Waals surface area contributed by atoms with Crippen molar-refractivity contribution in [3.8, 4) is 11.4 Å². The summed E-state index contributed by atoms with van der Waals surface area (Å²) in [5.41, 5.74) is 6.63. The summed E-state index contributed by atoms with van der Waals surface area (Å²) < 4.78 is 7.34. The Balaban J connectivity index is 1.96. The highest BCUT2D eigenvalue weighted by Gasteiger charge is 2.07. The van der Waals surface area contributed by atoms with Crippen LogP contribution in [0.25, 0.3) is 11.4 Å². The van der Waals surface area contributed by atoms with Crippen LogP contribution in [-0.4, -0.2) is 14.5 Å². The molecule has 0 aromatic carbocycles. The van der Waals surface area contributed by atoms with Crippen LogP contribution in [0, 0.1) is 0 Å². The highest BCUT2D eigenvalue weighted by molar-refractivity contribution is 5.58. The molecule has 5 heteroatoms. The summed E-state index contributed by atoms with van der Waals surface area (Å²) in [6, 6.07) is 7.50. The Morgan fingerprint density at radius 1 is 1.22 bits per heavy atom. The molecule has 5 nitrogen and oxygen atoms in total. The van der Waals surface area contributed by atoms with E-state index in [2.05, 4.69) is 9.97 Å². The lowest BCUT2D eigenvalue weighted by Gasteiger charge is -2.06. The maximum absolute atomic E-state index is 5.68. The minimum atomic E-state index is 0.486. The van der Waals surface area contributed by atoms with Gasteiger partial charge >= 0.3 is 0 Å². The molecular weight excluding hydrogens is 228 g/mol. The second-order valence-corrected chi connectivity index (χ2v) is 3.93. The van der Waals surface area contributed by atoms with Gasteiger partial charge in [-0.25, -0.2) is 9.97 Å². The number of furan rings is 1. The summed E-state index contributed by atoms with van der Waals surface area (Å²) in [7, 11) is 0. The lowest BCUT2D eigenvalue weighted by atomic mass is 10.2. The lowest BCUT2D eigenvalue weighted by molar-refractivity contribution is 0.494. The van der Waals surface area contributed by atoms with E-state index >= 15 is 0 Å². The average molecular weight is 240 g/mol. The van der Waals surface area contributed by atoms with Crippen molar-refractivity contribution in [2.45, 2.75) is 6.54 Å². The zero-order valence-corrected chi connectivity index (χ0v) is 9.65. The van der Waals surface area contributed by atoms with Gasteiger partial charge in [-0.05, 0) is 24.3 Å². The predicted octanol–water partition coefficient (Wildman–Crippen LogP) is 2.17. The molecule has 0 bridgehead atoms. The van der Waals surface area contributed by atoms with Crippen molar-refractivity contribution in [3.05, 3.63) is 54.9 Å². The fourth-order valence-electron chi connectivity index (χ4n) is 1.85. The molecule has 0 aliphatic carbocycles. The van der Waals surface area contributed by atoms with Gasteiger partial charge in [0.15, 0.2) is 0 Å². The Kier molecular flexibility index (Phi) is 2.57. The van der Waals surface area contributed by atoms with Gasteiger partial charge in [0.25, 0.3) is 0 Å². The minimum Gasteiger partial charge on any atom is -0.467 e. The van der Waals surface area contributed by atoms with E-state index < -0.39 is 0 Å². The van der Waals surface area contributed by atoms with Crippen LogP contribution >= 0.6 is 0 Å². The number of imidazole rings is 1. The van der Waals surface area contributed by atoms with Gasteiger partial charge in [-0.3, -0.25) is 0 Å². The van der Waals surface area contributed by atoms with Crippen molar-refractivity contribution in [2.75, 3.05) is 5.73 Å². The topological polar surface area (TPSA) is 69.9 Å². The molecule has 3 rings (SSSR count). The molecule has 3 aromatic rings. The number of hydrogen-bond donors (Lipinski definition) is 1. The Hall–Kier alpha value is -2.56. The summed E-state index contributed by atoms with van der Waals surface area (Å²) in [5.74, 6) is 2.22. The number of aromatic nitrogens is 3. The molecule has 2 N–H and O–H groups in total. The summed E-state index contributed by atoms with van der Waals surface area (Å²) in [6.45, 7) is 0.643. The molecule has 0 saturated carbocycles. The molecule has 18 heavy (non-hydrogen) atoms. The third kappa shape index (κ3) is 1.98. The van der Waals surface area contributed by atoms with E-state index in [9.17, 15) is 0 Å². The first-order valence-electron chi connectivity index (χ1n) is 5.58. The third-order valence-electron chi connectivity index (χ3n) is 2.66. The lowest BCUT2D eigenvalue weighted by Crippen LogP contribution is -2.00. The largest absolute Gasteiger partial charge is 0.467 e. The van der Waals surface area contributed by atoms with E-state index in [0.717, 1.165) is 17.1 Å². The van der Waals surface area contributed by atoms with Crippen molar-refractivity contribution >= 4 is 5.82 Å². The van der Waals surface area contributed by atoms with Gasteiger partial charge in [0.2, 0.25) is 0 Å². The number of anilines is 1. The molecular formula is C13H12N4O. The smallest absolute Gasteiger partial charge is 0.140 e. The Morgan fingerprint density at radius 2 is 2.17 bits per heavy atom. The molecule has 0 radical (unpaired) electrons. The van der Waals surface area contributed by atoms with Crippen molar-refractivity contribution in [3.63, 3.8) is 0 Å². The SMILES string of the molecule is Nc1cc(-c2nccn2Cc2ccco2)ccn1. The Labute approximate surface area is 104 Å². The molecule has 0 spiro atoms. The van der Waals surface area contributed by atoms with Crippen LogP contribution in [-0.2, 0) is 6.54 Å². The predicted molar refractivity (Wildman–Crippen MR) is 67.7 cm³/mol. The van der Waals surface area contributed by atoms with E-state index in [0.29, 0.717) is 12.4 Å². The van der Waals surface area contributed by atoms with E-state index in [1.807, 2.05) is 29.0 Å². The number of nitrogens with zero attached hydrogens (tertiary/aromatic N) is 3. The van der Waals surface area contributed by atoms with Crippen LogP contribution < -0.4 is 5.73 Å². The number of rotatable bonds is 3. The number of pyridine rings is 1. The quantitative estimate of drug-likeness (QED) is 0.761. The molecule has 3 aromatic heterocycles. The van der Waals surface area contributed by atoms with Gasteiger partial charge in [0.05, 0.1) is 12.8 Å². The summed E-state index contributed by atoms with van der Waals surface area (Å²) in [4.78, 5) is 8.32. The summed E-state index contributed by atoms with van der Waals surface area (Å²) in [6.07, 6.45) is 7.01. The summed E-state index contributed by atoms with van der Waals surface area (Å²) in [5, 5.41) is 0. The Morgan fingerprint density at radius 3 is 2.94 bits per heavy atom. The van der Waals surface area contributed by atoms with Crippen molar-refractivity contribution in [1.82, 2.24) is 14.5 Å². The highest BCUT2D eigenvalue weighted by atomic mass is 16.3. The molecule has 0 amide bonds. The second-order valence-electron chi connectivity index (χ2n) is 3.93. The highest BCUT2D eigenvalue weighted by Crippen LogP contribution is 2.19. The van der Waals surface area contributed by atoms with Gasteiger partial charge < -0.3 is 14.7 Å². The van der Waals surface area contributed by atoms with Crippen LogP contribution in [0.15, 0.2) is 53.5 Å². The maximum Gasteiger partial charge on any atom is 0.140 e. The first kappa shape index (κ1) is 10.6. The van der Waals surface area contributed by atoms with Crippen molar-refractivity contribution < 1.29 is 4.42 Å². The van der Waals surface area contributed by atoms with Crippen LogP contribution in [0.5, 0.6) is 0 Å². The van der Waals surface area contributed by atoms with Crippen LogP contribution in [0.3, 0.4) is 0 Å². The molecule has 0 aliphatic rings. The third-order valence-corrected chi connectivity index (χ3v) is 2.66. The van der Waals surface area contributed by atoms with Crippen LogP contribution in [0.4, 0.5) is 5.82 Å². The monoisotopic (exact) mass is 240 g/mol. The van der Waals surface area contributed by atoms with E-state index in [4.69, 9.17) is 10.2 Å². The second kappa shape index (κ2) is 4.37. The van der Waals surface area contributed by atoms with Gasteiger partial charge in [-0.2, -0.15) is 0 Å². The van der Waals surface area contributed by atoms with E-state index in [1.54, 1.807) is 24.7 Å². The van der Waals surface area contributed by atoms with Gasteiger partial charge in [-0.15, -0.1) is 0 Å². The number of hydrogen-bond acceptors (Lipinski definition) is 4. The average Bonchev–Trinajstić information content (AvgIpc) is 3.01. The standard InChI is InChI=1S/C13H12N4O/c14-12-8-10(3-4-15-12)13-16-5-6-17(13)9-11-2-1-7-18-11/h1-8H,9H2,(H2,14,15).